The predicted molar refractivity (Wildman–Crippen MR) is 72.3 cm³/mol. The molecule has 19 heavy (non-hydrogen) atoms. The summed E-state index contributed by atoms with van der Waals surface area (Å²) in [4.78, 5) is 15.2. The molecular weight excluding hydrogens is 268 g/mol. The Labute approximate surface area is 114 Å². The highest BCUT2D eigenvalue weighted by Gasteiger charge is 2.26. The van der Waals surface area contributed by atoms with Gasteiger partial charge in [0.05, 0.1) is 12.3 Å². The van der Waals surface area contributed by atoms with Gasteiger partial charge in [-0.1, -0.05) is 0 Å². The Morgan fingerprint density at radius 2 is 1.84 bits per heavy atom. The monoisotopic (exact) mass is 290 g/mol. The number of piperazine rings is 2. The molecule has 0 saturated carbocycles. The minimum Gasteiger partial charge on any atom is -0.354 e. The molecule has 0 aliphatic carbocycles. The number of amides is 1. The van der Waals surface area contributed by atoms with E-state index in [1.165, 1.54) is 0 Å². The third kappa shape index (κ3) is 4.13. The summed E-state index contributed by atoms with van der Waals surface area (Å²) in [7, 11) is -1.19. The van der Waals surface area contributed by atoms with Crippen molar-refractivity contribution in [2.24, 2.45) is 0 Å². The SMILES string of the molecule is CN1CCN(S(=O)(=O)CCN2CCNC(=O)C2)CC1. The Morgan fingerprint density at radius 3 is 2.47 bits per heavy atom. The third-order valence-electron chi connectivity index (χ3n) is 3.64. The zero-order chi connectivity index (χ0) is 13.9. The lowest BCUT2D eigenvalue weighted by atomic mass is 10.3. The van der Waals surface area contributed by atoms with Crippen LogP contribution in [0.25, 0.3) is 0 Å². The van der Waals surface area contributed by atoms with E-state index in [0.29, 0.717) is 32.7 Å². The van der Waals surface area contributed by atoms with Crippen LogP contribution in [-0.4, -0.2) is 93.6 Å². The molecule has 0 aromatic carbocycles. The first-order chi connectivity index (χ1) is 8.97. The van der Waals surface area contributed by atoms with E-state index in [-0.39, 0.29) is 11.7 Å². The number of hydrogen-bond acceptors (Lipinski definition) is 5. The van der Waals surface area contributed by atoms with Crippen molar-refractivity contribution in [3.05, 3.63) is 0 Å². The molecule has 2 rings (SSSR count). The fourth-order valence-electron chi connectivity index (χ4n) is 2.32. The van der Waals surface area contributed by atoms with Crippen LogP contribution in [0.2, 0.25) is 0 Å². The highest BCUT2D eigenvalue weighted by molar-refractivity contribution is 7.89. The molecule has 0 radical (unpaired) electrons. The van der Waals surface area contributed by atoms with Gasteiger partial charge in [-0.2, -0.15) is 4.31 Å². The molecule has 7 nitrogen and oxygen atoms in total. The smallest absolute Gasteiger partial charge is 0.234 e. The van der Waals surface area contributed by atoms with Crippen LogP contribution in [0, 0.1) is 0 Å². The van der Waals surface area contributed by atoms with E-state index >= 15 is 0 Å². The predicted octanol–water partition coefficient (Wildman–Crippen LogP) is -2.00. The highest BCUT2D eigenvalue weighted by Crippen LogP contribution is 2.07. The van der Waals surface area contributed by atoms with Gasteiger partial charge in [0.1, 0.15) is 0 Å². The molecule has 0 bridgehead atoms. The van der Waals surface area contributed by atoms with Crippen LogP contribution in [0.4, 0.5) is 0 Å². The summed E-state index contributed by atoms with van der Waals surface area (Å²) in [5.74, 6) is 0.0764. The topological polar surface area (TPSA) is 73.0 Å². The Balaban J connectivity index is 1.82. The van der Waals surface area contributed by atoms with Gasteiger partial charge in [0, 0.05) is 45.8 Å². The van der Waals surface area contributed by atoms with E-state index in [1.54, 1.807) is 4.31 Å². The molecule has 1 N–H and O–H groups in total. The summed E-state index contributed by atoms with van der Waals surface area (Å²) in [5, 5.41) is 2.73. The molecule has 2 heterocycles. The van der Waals surface area contributed by atoms with E-state index < -0.39 is 10.0 Å². The average molecular weight is 290 g/mol. The van der Waals surface area contributed by atoms with Crippen molar-refractivity contribution in [2.45, 2.75) is 0 Å². The molecule has 110 valence electrons. The minimum atomic E-state index is -3.19. The highest BCUT2D eigenvalue weighted by atomic mass is 32.2. The quantitative estimate of drug-likeness (QED) is 0.648. The number of likely N-dealkylation sites (N-methyl/N-ethyl adjacent to an activating group) is 1. The fourth-order valence-corrected chi connectivity index (χ4v) is 3.79. The maximum atomic E-state index is 12.2. The van der Waals surface area contributed by atoms with Crippen molar-refractivity contribution < 1.29 is 13.2 Å². The van der Waals surface area contributed by atoms with Crippen molar-refractivity contribution in [3.63, 3.8) is 0 Å². The second kappa shape index (κ2) is 6.17. The van der Waals surface area contributed by atoms with Gasteiger partial charge in [-0.3, -0.25) is 9.69 Å². The second-order valence-corrected chi connectivity index (χ2v) is 7.23. The van der Waals surface area contributed by atoms with Crippen molar-refractivity contribution in [3.8, 4) is 0 Å². The molecule has 0 aromatic rings. The minimum absolute atomic E-state index is 0.0248. The van der Waals surface area contributed by atoms with Crippen LogP contribution >= 0.6 is 0 Å². The summed E-state index contributed by atoms with van der Waals surface area (Å²) in [6, 6.07) is 0. The summed E-state index contributed by atoms with van der Waals surface area (Å²) < 4.78 is 26.0. The maximum absolute atomic E-state index is 12.2. The lowest BCUT2D eigenvalue weighted by Crippen LogP contribution is -2.51. The lowest BCUT2D eigenvalue weighted by molar-refractivity contribution is -0.124. The molecular formula is C11H22N4O3S. The molecule has 2 aliphatic rings. The van der Waals surface area contributed by atoms with Crippen LogP contribution in [0.3, 0.4) is 0 Å². The largest absolute Gasteiger partial charge is 0.354 e. The van der Waals surface area contributed by atoms with Gasteiger partial charge in [0.15, 0.2) is 0 Å². The van der Waals surface area contributed by atoms with Crippen LogP contribution in [0.5, 0.6) is 0 Å². The van der Waals surface area contributed by atoms with Gasteiger partial charge in [-0.05, 0) is 7.05 Å². The van der Waals surface area contributed by atoms with E-state index in [4.69, 9.17) is 0 Å². The number of nitrogens with zero attached hydrogens (tertiary/aromatic N) is 3. The summed E-state index contributed by atoms with van der Waals surface area (Å²) >= 11 is 0. The van der Waals surface area contributed by atoms with Crippen molar-refractivity contribution in [2.75, 3.05) is 65.2 Å². The van der Waals surface area contributed by atoms with E-state index in [9.17, 15) is 13.2 Å². The van der Waals surface area contributed by atoms with E-state index in [0.717, 1.165) is 19.6 Å². The molecule has 0 unspecified atom stereocenters. The molecule has 2 saturated heterocycles. The van der Waals surface area contributed by atoms with E-state index in [2.05, 4.69) is 10.2 Å². The molecule has 1 amide bonds. The molecule has 8 heteroatoms. The fraction of sp³-hybridized carbons (Fsp3) is 0.909. The molecule has 0 spiro atoms. The lowest BCUT2D eigenvalue weighted by Gasteiger charge is -2.32. The van der Waals surface area contributed by atoms with Crippen molar-refractivity contribution in [1.82, 2.24) is 19.4 Å². The van der Waals surface area contributed by atoms with E-state index in [1.807, 2.05) is 11.9 Å². The van der Waals surface area contributed by atoms with Crippen LogP contribution in [0.15, 0.2) is 0 Å². The molecule has 2 aliphatic heterocycles. The third-order valence-corrected chi connectivity index (χ3v) is 5.49. The number of rotatable bonds is 4. The van der Waals surface area contributed by atoms with Crippen LogP contribution in [-0.2, 0) is 14.8 Å². The molecule has 0 aromatic heterocycles. The Hall–Kier alpha value is -0.700. The van der Waals surface area contributed by atoms with Gasteiger partial charge in [0.2, 0.25) is 15.9 Å². The summed E-state index contributed by atoms with van der Waals surface area (Å²) in [6.45, 7) is 4.77. The van der Waals surface area contributed by atoms with Crippen molar-refractivity contribution in [1.29, 1.82) is 0 Å². The Kier molecular flexibility index (Phi) is 4.77. The standard InChI is InChI=1S/C11H22N4O3S/c1-13-4-6-15(7-5-13)19(17,18)9-8-14-3-2-12-11(16)10-14/h2-10H2,1H3,(H,12,16). The van der Waals surface area contributed by atoms with Gasteiger partial charge >= 0.3 is 0 Å². The zero-order valence-electron chi connectivity index (χ0n) is 11.3. The average Bonchev–Trinajstić information content (AvgIpc) is 2.37. The second-order valence-electron chi connectivity index (χ2n) is 5.14. The van der Waals surface area contributed by atoms with Gasteiger partial charge in [-0.25, -0.2) is 8.42 Å². The maximum Gasteiger partial charge on any atom is 0.234 e. The number of hydrogen-bond donors (Lipinski definition) is 1. The molecule has 0 atom stereocenters. The number of carbonyl (C=O) groups excluding carboxylic acids is 1. The summed E-state index contributed by atoms with van der Waals surface area (Å²) in [5.41, 5.74) is 0. The first kappa shape index (κ1) is 14.7. The van der Waals surface area contributed by atoms with Gasteiger partial charge in [-0.15, -0.1) is 0 Å². The van der Waals surface area contributed by atoms with Crippen LogP contribution < -0.4 is 5.32 Å². The normalized spacial score (nSPS) is 24.4. The van der Waals surface area contributed by atoms with Gasteiger partial charge < -0.3 is 10.2 Å². The van der Waals surface area contributed by atoms with Gasteiger partial charge in [0.25, 0.3) is 0 Å². The first-order valence-electron chi connectivity index (χ1n) is 6.63. The Morgan fingerprint density at radius 1 is 1.16 bits per heavy atom. The number of nitrogens with one attached hydrogen (secondary N) is 1. The van der Waals surface area contributed by atoms with Crippen LogP contribution in [0.1, 0.15) is 0 Å². The number of sulfonamides is 1. The number of carbonyl (C=O) groups is 1. The molecule has 2 fully saturated rings. The first-order valence-corrected chi connectivity index (χ1v) is 8.24. The Bertz CT molecular complexity index is 418. The van der Waals surface area contributed by atoms with Crippen molar-refractivity contribution >= 4 is 15.9 Å². The summed E-state index contributed by atoms with van der Waals surface area (Å²) in [6.07, 6.45) is 0. The zero-order valence-corrected chi connectivity index (χ0v) is 12.2.